The lowest BCUT2D eigenvalue weighted by Gasteiger charge is -2.36. The van der Waals surface area contributed by atoms with Crippen molar-refractivity contribution in [2.24, 2.45) is 0 Å². The highest BCUT2D eigenvalue weighted by Gasteiger charge is 2.32. The van der Waals surface area contributed by atoms with Gasteiger partial charge in [-0.05, 0) is 41.5 Å². The summed E-state index contributed by atoms with van der Waals surface area (Å²) in [5.41, 5.74) is 3.45. The number of carbonyl (C=O) groups excluding carboxylic acids is 1. The summed E-state index contributed by atoms with van der Waals surface area (Å²) < 4.78 is 18.8. The zero-order valence-electron chi connectivity index (χ0n) is 16.6. The molecule has 1 aliphatic rings. The van der Waals surface area contributed by atoms with E-state index in [2.05, 4.69) is 9.97 Å². The molecular formula is C23H24FN3O2. The highest BCUT2D eigenvalue weighted by molar-refractivity contribution is 5.79. The monoisotopic (exact) mass is 393 g/mol. The standard InChI is InChI=1S/C21H18FN3O2.C2H6/c22-16-6-4-15(5-7-16)18-8-10-23-11-19(18)20-13-27-14-21(26)25(20)12-17-3-1-2-9-24-17;1-2/h1-11,20H,12-14H2;1-2H3. The van der Waals surface area contributed by atoms with Crippen molar-refractivity contribution in [3.05, 3.63) is 84.2 Å². The van der Waals surface area contributed by atoms with Crippen LogP contribution in [0.2, 0.25) is 0 Å². The van der Waals surface area contributed by atoms with E-state index in [0.29, 0.717) is 13.2 Å². The van der Waals surface area contributed by atoms with E-state index >= 15 is 0 Å². The van der Waals surface area contributed by atoms with Crippen molar-refractivity contribution in [3.63, 3.8) is 0 Å². The largest absolute Gasteiger partial charge is 0.369 e. The second-order valence-corrected chi connectivity index (χ2v) is 6.34. The molecule has 1 unspecified atom stereocenters. The van der Waals surface area contributed by atoms with Gasteiger partial charge in [0.25, 0.3) is 0 Å². The third-order valence-electron chi connectivity index (χ3n) is 4.62. The SMILES string of the molecule is CC.O=C1COCC(c2cnccc2-c2ccc(F)cc2)N1Cc1ccccn1. The van der Waals surface area contributed by atoms with Gasteiger partial charge in [0.2, 0.25) is 5.91 Å². The average Bonchev–Trinajstić information content (AvgIpc) is 2.78. The Balaban J connectivity index is 0.00000117. The summed E-state index contributed by atoms with van der Waals surface area (Å²) in [5, 5.41) is 0. The number of amides is 1. The molecule has 0 radical (unpaired) electrons. The number of aromatic nitrogens is 2. The molecule has 1 fully saturated rings. The molecule has 3 aromatic rings. The predicted octanol–water partition coefficient (Wildman–Crippen LogP) is 4.41. The number of pyridine rings is 2. The van der Waals surface area contributed by atoms with Crippen LogP contribution in [0.4, 0.5) is 4.39 Å². The van der Waals surface area contributed by atoms with Gasteiger partial charge in [-0.25, -0.2) is 4.39 Å². The van der Waals surface area contributed by atoms with Gasteiger partial charge in [-0.3, -0.25) is 14.8 Å². The summed E-state index contributed by atoms with van der Waals surface area (Å²) in [6, 6.07) is 13.5. The van der Waals surface area contributed by atoms with Crippen LogP contribution >= 0.6 is 0 Å². The smallest absolute Gasteiger partial charge is 0.249 e. The molecule has 29 heavy (non-hydrogen) atoms. The van der Waals surface area contributed by atoms with E-state index in [-0.39, 0.29) is 24.4 Å². The van der Waals surface area contributed by atoms with E-state index < -0.39 is 0 Å². The Kier molecular flexibility index (Phi) is 7.03. The van der Waals surface area contributed by atoms with Crippen molar-refractivity contribution in [1.82, 2.24) is 14.9 Å². The number of benzene rings is 1. The van der Waals surface area contributed by atoms with Crippen LogP contribution < -0.4 is 0 Å². The summed E-state index contributed by atoms with van der Waals surface area (Å²) in [4.78, 5) is 22.9. The first-order valence-corrected chi connectivity index (χ1v) is 9.69. The number of hydrogen-bond acceptors (Lipinski definition) is 4. The third-order valence-corrected chi connectivity index (χ3v) is 4.62. The van der Waals surface area contributed by atoms with Crippen molar-refractivity contribution in [2.75, 3.05) is 13.2 Å². The molecule has 150 valence electrons. The van der Waals surface area contributed by atoms with Gasteiger partial charge in [0, 0.05) is 24.2 Å². The average molecular weight is 393 g/mol. The van der Waals surface area contributed by atoms with Crippen LogP contribution in [0.15, 0.2) is 67.1 Å². The van der Waals surface area contributed by atoms with Crippen molar-refractivity contribution in [2.45, 2.75) is 26.4 Å². The number of morpholine rings is 1. The van der Waals surface area contributed by atoms with Gasteiger partial charge < -0.3 is 9.64 Å². The van der Waals surface area contributed by atoms with E-state index in [4.69, 9.17) is 4.74 Å². The molecule has 3 heterocycles. The summed E-state index contributed by atoms with van der Waals surface area (Å²) in [6.45, 7) is 4.82. The Morgan fingerprint density at radius 1 is 1.10 bits per heavy atom. The normalized spacial score (nSPS) is 16.2. The molecule has 0 N–H and O–H groups in total. The van der Waals surface area contributed by atoms with Crippen LogP contribution in [-0.2, 0) is 16.1 Å². The molecule has 6 heteroatoms. The lowest BCUT2D eigenvalue weighted by molar-refractivity contribution is -0.149. The Hall–Kier alpha value is -3.12. The van der Waals surface area contributed by atoms with E-state index in [1.807, 2.05) is 38.1 Å². The highest BCUT2D eigenvalue weighted by Crippen LogP contribution is 2.33. The second kappa shape index (κ2) is 9.89. The molecule has 0 aliphatic carbocycles. The second-order valence-electron chi connectivity index (χ2n) is 6.34. The van der Waals surface area contributed by atoms with Gasteiger partial charge in [0.1, 0.15) is 12.4 Å². The number of ether oxygens (including phenoxy) is 1. The van der Waals surface area contributed by atoms with Crippen molar-refractivity contribution in [3.8, 4) is 11.1 Å². The predicted molar refractivity (Wildman–Crippen MR) is 109 cm³/mol. The Morgan fingerprint density at radius 3 is 2.62 bits per heavy atom. The first-order valence-electron chi connectivity index (χ1n) is 9.69. The summed E-state index contributed by atoms with van der Waals surface area (Å²) in [6.07, 6.45) is 5.15. The maximum atomic E-state index is 13.3. The molecule has 1 saturated heterocycles. The van der Waals surface area contributed by atoms with Crippen molar-refractivity contribution >= 4 is 5.91 Å². The molecule has 0 bridgehead atoms. The molecule has 1 aliphatic heterocycles. The molecular weight excluding hydrogens is 369 g/mol. The number of halogens is 1. The topological polar surface area (TPSA) is 55.3 Å². The molecule has 5 nitrogen and oxygen atoms in total. The van der Waals surface area contributed by atoms with Crippen molar-refractivity contribution in [1.29, 1.82) is 0 Å². The molecule has 0 spiro atoms. The summed E-state index contributed by atoms with van der Waals surface area (Å²) >= 11 is 0. The summed E-state index contributed by atoms with van der Waals surface area (Å²) in [5.74, 6) is -0.381. The Morgan fingerprint density at radius 2 is 1.90 bits per heavy atom. The van der Waals surface area contributed by atoms with E-state index in [9.17, 15) is 9.18 Å². The number of rotatable bonds is 4. The van der Waals surface area contributed by atoms with Gasteiger partial charge in [0.15, 0.2) is 0 Å². The number of carbonyl (C=O) groups is 1. The van der Waals surface area contributed by atoms with Crippen LogP contribution in [0.5, 0.6) is 0 Å². The zero-order chi connectivity index (χ0) is 20.6. The minimum absolute atomic E-state index is 0.0511. The zero-order valence-corrected chi connectivity index (χ0v) is 16.6. The van der Waals surface area contributed by atoms with E-state index in [0.717, 1.165) is 22.4 Å². The molecule has 0 saturated carbocycles. The molecule has 2 aromatic heterocycles. The van der Waals surface area contributed by atoms with Crippen LogP contribution in [0.1, 0.15) is 31.1 Å². The maximum absolute atomic E-state index is 13.3. The van der Waals surface area contributed by atoms with Gasteiger partial charge in [0.05, 0.1) is 24.9 Å². The first-order chi connectivity index (χ1) is 14.2. The van der Waals surface area contributed by atoms with E-state index in [1.165, 1.54) is 12.1 Å². The Bertz CT molecular complexity index is 932. The number of hydrogen-bond donors (Lipinski definition) is 0. The minimum atomic E-state index is -0.290. The fraction of sp³-hybridized carbons (Fsp3) is 0.261. The van der Waals surface area contributed by atoms with Crippen LogP contribution in [-0.4, -0.2) is 34.0 Å². The van der Waals surface area contributed by atoms with Gasteiger partial charge in [-0.2, -0.15) is 0 Å². The molecule has 1 aromatic carbocycles. The highest BCUT2D eigenvalue weighted by atomic mass is 19.1. The fourth-order valence-electron chi connectivity index (χ4n) is 3.29. The molecule has 4 rings (SSSR count). The molecule has 1 amide bonds. The number of nitrogens with zero attached hydrogens (tertiary/aromatic N) is 3. The van der Waals surface area contributed by atoms with Gasteiger partial charge in [-0.15, -0.1) is 0 Å². The van der Waals surface area contributed by atoms with Gasteiger partial charge in [-0.1, -0.05) is 32.0 Å². The van der Waals surface area contributed by atoms with E-state index in [1.54, 1.807) is 35.6 Å². The summed E-state index contributed by atoms with van der Waals surface area (Å²) in [7, 11) is 0. The van der Waals surface area contributed by atoms with Gasteiger partial charge >= 0.3 is 0 Å². The quantitative estimate of drug-likeness (QED) is 0.659. The minimum Gasteiger partial charge on any atom is -0.369 e. The van der Waals surface area contributed by atoms with Crippen LogP contribution in [0.25, 0.3) is 11.1 Å². The van der Waals surface area contributed by atoms with Crippen LogP contribution in [0.3, 0.4) is 0 Å². The fourth-order valence-corrected chi connectivity index (χ4v) is 3.29. The van der Waals surface area contributed by atoms with Crippen molar-refractivity contribution < 1.29 is 13.9 Å². The lowest BCUT2D eigenvalue weighted by atomic mass is 9.95. The first kappa shape index (κ1) is 20.6. The lowest BCUT2D eigenvalue weighted by Crippen LogP contribution is -2.44. The molecule has 1 atom stereocenters. The Labute approximate surface area is 170 Å². The van der Waals surface area contributed by atoms with Crippen LogP contribution in [0, 0.1) is 5.82 Å². The third kappa shape index (κ3) is 4.84. The maximum Gasteiger partial charge on any atom is 0.249 e.